The van der Waals surface area contributed by atoms with E-state index in [0.29, 0.717) is 5.92 Å². The summed E-state index contributed by atoms with van der Waals surface area (Å²) >= 11 is 0. The van der Waals surface area contributed by atoms with Crippen molar-refractivity contribution in [2.75, 3.05) is 0 Å². The Morgan fingerprint density at radius 1 is 1.13 bits per heavy atom. The number of rotatable bonds is 5. The topological polar surface area (TPSA) is 40.5 Å². The third-order valence-electron chi connectivity index (χ3n) is 2.84. The van der Waals surface area contributed by atoms with Crippen LogP contribution >= 0.6 is 0 Å². The van der Waals surface area contributed by atoms with Gasteiger partial charge in [0.25, 0.3) is 0 Å². The Balaban J connectivity index is 2.66. The van der Waals surface area contributed by atoms with Crippen LogP contribution in [0.1, 0.15) is 38.7 Å². The van der Waals surface area contributed by atoms with E-state index in [1.54, 1.807) is 12.1 Å². The van der Waals surface area contributed by atoms with Gasteiger partial charge in [-0.3, -0.25) is 0 Å². The fourth-order valence-electron chi connectivity index (χ4n) is 1.89. The highest BCUT2D eigenvalue weighted by Crippen LogP contribution is 2.27. The van der Waals surface area contributed by atoms with E-state index in [1.165, 1.54) is 12.8 Å². The fourth-order valence-corrected chi connectivity index (χ4v) is 1.89. The van der Waals surface area contributed by atoms with Crippen molar-refractivity contribution in [2.45, 2.75) is 39.5 Å². The first-order valence-corrected chi connectivity index (χ1v) is 5.68. The van der Waals surface area contributed by atoms with Crippen LogP contribution in [-0.2, 0) is 6.42 Å². The second kappa shape index (κ2) is 5.64. The monoisotopic (exact) mass is 208 g/mol. The highest BCUT2D eigenvalue weighted by Gasteiger charge is 2.08. The van der Waals surface area contributed by atoms with Crippen molar-refractivity contribution in [3.05, 3.63) is 23.8 Å². The summed E-state index contributed by atoms with van der Waals surface area (Å²) in [5, 5.41) is 18.6. The van der Waals surface area contributed by atoms with Gasteiger partial charge in [-0.2, -0.15) is 0 Å². The highest BCUT2D eigenvalue weighted by atomic mass is 16.3. The summed E-state index contributed by atoms with van der Waals surface area (Å²) in [6.45, 7) is 4.39. The minimum atomic E-state index is -0.0395. The molecule has 0 fully saturated rings. The van der Waals surface area contributed by atoms with Gasteiger partial charge in [0.2, 0.25) is 0 Å². The molecule has 1 aromatic rings. The normalized spacial score (nSPS) is 12.7. The molecule has 0 bridgehead atoms. The zero-order valence-corrected chi connectivity index (χ0v) is 9.53. The van der Waals surface area contributed by atoms with E-state index in [4.69, 9.17) is 0 Å². The van der Waals surface area contributed by atoms with Gasteiger partial charge in [0.1, 0.15) is 0 Å². The number of hydrogen-bond donors (Lipinski definition) is 2. The fraction of sp³-hybridized carbons (Fsp3) is 0.538. The van der Waals surface area contributed by atoms with Gasteiger partial charge in [-0.15, -0.1) is 0 Å². The number of aromatic hydroxyl groups is 2. The lowest BCUT2D eigenvalue weighted by molar-refractivity contribution is 0.401. The average molecular weight is 208 g/mol. The third-order valence-corrected chi connectivity index (χ3v) is 2.84. The Kier molecular flexibility index (Phi) is 4.47. The van der Waals surface area contributed by atoms with Crippen molar-refractivity contribution in [2.24, 2.45) is 5.92 Å². The van der Waals surface area contributed by atoms with Gasteiger partial charge in [-0.1, -0.05) is 39.2 Å². The maximum atomic E-state index is 9.37. The van der Waals surface area contributed by atoms with Crippen molar-refractivity contribution >= 4 is 0 Å². The minimum absolute atomic E-state index is 0.0150. The molecule has 1 aromatic carbocycles. The first-order valence-electron chi connectivity index (χ1n) is 5.68. The zero-order chi connectivity index (χ0) is 11.3. The number of phenols is 2. The molecule has 0 heterocycles. The summed E-state index contributed by atoms with van der Waals surface area (Å²) in [4.78, 5) is 0. The van der Waals surface area contributed by atoms with Crippen molar-refractivity contribution in [3.63, 3.8) is 0 Å². The van der Waals surface area contributed by atoms with Crippen LogP contribution in [0.15, 0.2) is 18.2 Å². The van der Waals surface area contributed by atoms with E-state index in [-0.39, 0.29) is 11.5 Å². The first-order chi connectivity index (χ1) is 7.17. The molecule has 0 aliphatic heterocycles. The van der Waals surface area contributed by atoms with Gasteiger partial charge in [0.15, 0.2) is 11.5 Å². The summed E-state index contributed by atoms with van der Waals surface area (Å²) in [5.74, 6) is 0.625. The predicted octanol–water partition coefficient (Wildman–Crippen LogP) is 3.47. The second-order valence-electron chi connectivity index (χ2n) is 4.09. The Hall–Kier alpha value is -1.18. The molecule has 0 aliphatic carbocycles. The first kappa shape index (κ1) is 11.9. The van der Waals surface area contributed by atoms with E-state index in [2.05, 4.69) is 13.8 Å². The quantitative estimate of drug-likeness (QED) is 0.727. The molecule has 0 saturated heterocycles. The molecular formula is C13H20O2. The lowest BCUT2D eigenvalue weighted by atomic mass is 9.93. The van der Waals surface area contributed by atoms with Gasteiger partial charge < -0.3 is 10.2 Å². The summed E-state index contributed by atoms with van der Waals surface area (Å²) in [5.41, 5.74) is 1.10. The number of benzene rings is 1. The Bertz CT molecular complexity index is 307. The third kappa shape index (κ3) is 3.46. The molecule has 2 N–H and O–H groups in total. The molecule has 0 spiro atoms. The highest BCUT2D eigenvalue weighted by molar-refractivity contribution is 5.40. The Labute approximate surface area is 91.6 Å². The van der Waals surface area contributed by atoms with E-state index in [1.807, 2.05) is 6.07 Å². The Morgan fingerprint density at radius 3 is 2.40 bits per heavy atom. The van der Waals surface area contributed by atoms with Crippen LogP contribution in [0.4, 0.5) is 0 Å². The molecule has 0 radical (unpaired) electrons. The molecule has 1 unspecified atom stereocenters. The van der Waals surface area contributed by atoms with Gasteiger partial charge in [-0.25, -0.2) is 0 Å². The van der Waals surface area contributed by atoms with Crippen LogP contribution < -0.4 is 0 Å². The van der Waals surface area contributed by atoms with E-state index in [9.17, 15) is 10.2 Å². The Morgan fingerprint density at radius 2 is 1.87 bits per heavy atom. The maximum Gasteiger partial charge on any atom is 0.157 e. The van der Waals surface area contributed by atoms with Crippen LogP contribution in [0.5, 0.6) is 11.5 Å². The molecule has 0 amide bonds. The van der Waals surface area contributed by atoms with Crippen LogP contribution in [0.2, 0.25) is 0 Å². The lowest BCUT2D eigenvalue weighted by Crippen LogP contribution is -2.02. The van der Waals surface area contributed by atoms with E-state index < -0.39 is 0 Å². The van der Waals surface area contributed by atoms with Crippen LogP contribution in [0, 0.1) is 5.92 Å². The molecule has 2 heteroatoms. The van der Waals surface area contributed by atoms with Crippen LogP contribution in [0.3, 0.4) is 0 Å². The average Bonchev–Trinajstić information content (AvgIpc) is 2.23. The van der Waals surface area contributed by atoms with Gasteiger partial charge in [0, 0.05) is 0 Å². The van der Waals surface area contributed by atoms with Crippen molar-refractivity contribution < 1.29 is 10.2 Å². The SMILES string of the molecule is CCCC(CC)Cc1ccc(O)c(O)c1. The van der Waals surface area contributed by atoms with E-state index >= 15 is 0 Å². The minimum Gasteiger partial charge on any atom is -0.504 e. The molecular weight excluding hydrogens is 188 g/mol. The van der Waals surface area contributed by atoms with Gasteiger partial charge >= 0.3 is 0 Å². The summed E-state index contributed by atoms with van der Waals surface area (Å²) in [6.07, 6.45) is 4.56. The molecule has 84 valence electrons. The lowest BCUT2D eigenvalue weighted by Gasteiger charge is -2.13. The van der Waals surface area contributed by atoms with Gasteiger partial charge in [-0.05, 0) is 30.0 Å². The molecule has 2 nitrogen and oxygen atoms in total. The standard InChI is InChI=1S/C13H20O2/c1-3-5-10(4-2)8-11-6-7-12(14)13(15)9-11/h6-7,9-10,14-15H,3-5,8H2,1-2H3. The van der Waals surface area contributed by atoms with Crippen LogP contribution in [0.25, 0.3) is 0 Å². The molecule has 1 atom stereocenters. The van der Waals surface area contributed by atoms with Crippen LogP contribution in [-0.4, -0.2) is 10.2 Å². The summed E-state index contributed by atoms with van der Waals surface area (Å²) in [7, 11) is 0. The van der Waals surface area contributed by atoms with Gasteiger partial charge in [0.05, 0.1) is 0 Å². The summed E-state index contributed by atoms with van der Waals surface area (Å²) in [6, 6.07) is 5.10. The van der Waals surface area contributed by atoms with Crippen molar-refractivity contribution in [1.82, 2.24) is 0 Å². The van der Waals surface area contributed by atoms with E-state index in [0.717, 1.165) is 18.4 Å². The van der Waals surface area contributed by atoms with Crippen molar-refractivity contribution in [1.29, 1.82) is 0 Å². The largest absolute Gasteiger partial charge is 0.504 e. The number of hydrogen-bond acceptors (Lipinski definition) is 2. The molecule has 0 saturated carbocycles. The summed E-state index contributed by atoms with van der Waals surface area (Å²) < 4.78 is 0. The molecule has 0 aliphatic rings. The zero-order valence-electron chi connectivity index (χ0n) is 9.53. The smallest absolute Gasteiger partial charge is 0.157 e. The number of phenolic OH excluding ortho intramolecular Hbond substituents is 2. The maximum absolute atomic E-state index is 9.37. The molecule has 15 heavy (non-hydrogen) atoms. The molecule has 1 rings (SSSR count). The molecule has 0 aromatic heterocycles. The van der Waals surface area contributed by atoms with Crippen molar-refractivity contribution in [3.8, 4) is 11.5 Å². The second-order valence-corrected chi connectivity index (χ2v) is 4.09. The predicted molar refractivity (Wildman–Crippen MR) is 62.2 cm³/mol.